The highest BCUT2D eigenvalue weighted by molar-refractivity contribution is 9.11. The van der Waals surface area contributed by atoms with Crippen molar-refractivity contribution < 1.29 is 14.3 Å². The van der Waals surface area contributed by atoms with Crippen molar-refractivity contribution in [1.82, 2.24) is 10.9 Å². The zero-order chi connectivity index (χ0) is 16.1. The Morgan fingerprint density at radius 1 is 0.909 bits per heavy atom. The molecule has 2 N–H and O–H groups in total. The standard InChI is InChI=1S/C15H12Br2N2O3/c1-22-13-4-2-3-9(7-13)14(20)18-19-15(21)10-5-11(16)8-12(17)6-10/h2-8H,1H3,(H,18,20)(H,19,21). The number of carbonyl (C=O) groups excluding carboxylic acids is 2. The van der Waals surface area contributed by atoms with Crippen molar-refractivity contribution in [2.45, 2.75) is 0 Å². The zero-order valence-electron chi connectivity index (χ0n) is 11.5. The van der Waals surface area contributed by atoms with Crippen LogP contribution in [0.4, 0.5) is 0 Å². The second-order valence-corrected chi connectivity index (χ2v) is 6.13. The van der Waals surface area contributed by atoms with E-state index < -0.39 is 11.8 Å². The van der Waals surface area contributed by atoms with Gasteiger partial charge in [-0.15, -0.1) is 0 Å². The Hall–Kier alpha value is -1.86. The summed E-state index contributed by atoms with van der Waals surface area (Å²) in [5, 5.41) is 0. The molecule has 0 atom stereocenters. The maximum Gasteiger partial charge on any atom is 0.269 e. The Morgan fingerprint density at radius 2 is 1.50 bits per heavy atom. The van der Waals surface area contributed by atoms with Crippen LogP contribution in [0.5, 0.6) is 5.75 Å². The van der Waals surface area contributed by atoms with Crippen LogP contribution in [-0.2, 0) is 0 Å². The lowest BCUT2D eigenvalue weighted by Crippen LogP contribution is -2.41. The van der Waals surface area contributed by atoms with Crippen LogP contribution in [0.15, 0.2) is 51.4 Å². The van der Waals surface area contributed by atoms with Crippen LogP contribution in [0.2, 0.25) is 0 Å². The quantitative estimate of drug-likeness (QED) is 0.738. The second-order valence-electron chi connectivity index (χ2n) is 4.30. The summed E-state index contributed by atoms with van der Waals surface area (Å²) in [4.78, 5) is 24.0. The number of halogens is 2. The molecule has 0 aliphatic rings. The van der Waals surface area contributed by atoms with Gasteiger partial charge in [-0.25, -0.2) is 0 Å². The molecule has 0 fully saturated rings. The van der Waals surface area contributed by atoms with Gasteiger partial charge in [0, 0.05) is 20.1 Å². The smallest absolute Gasteiger partial charge is 0.269 e. The summed E-state index contributed by atoms with van der Waals surface area (Å²) >= 11 is 6.61. The first-order chi connectivity index (χ1) is 10.5. The van der Waals surface area contributed by atoms with Crippen LogP contribution < -0.4 is 15.6 Å². The van der Waals surface area contributed by atoms with Crippen molar-refractivity contribution in [3.63, 3.8) is 0 Å². The first kappa shape index (κ1) is 16.5. The Labute approximate surface area is 144 Å². The lowest BCUT2D eigenvalue weighted by atomic mass is 10.2. The molecule has 0 aliphatic heterocycles. The molecular formula is C15H12Br2N2O3. The van der Waals surface area contributed by atoms with Crippen LogP contribution in [0.25, 0.3) is 0 Å². The van der Waals surface area contributed by atoms with E-state index in [0.29, 0.717) is 16.9 Å². The molecule has 0 bridgehead atoms. The molecule has 2 aromatic carbocycles. The third-order valence-corrected chi connectivity index (χ3v) is 3.66. The van der Waals surface area contributed by atoms with Crippen molar-refractivity contribution in [3.05, 3.63) is 62.5 Å². The summed E-state index contributed by atoms with van der Waals surface area (Å²) in [6.07, 6.45) is 0. The summed E-state index contributed by atoms with van der Waals surface area (Å²) in [5.41, 5.74) is 5.52. The van der Waals surface area contributed by atoms with Crippen LogP contribution in [0, 0.1) is 0 Å². The Kier molecular flexibility index (Phi) is 5.57. The van der Waals surface area contributed by atoms with E-state index in [1.165, 1.54) is 7.11 Å². The van der Waals surface area contributed by atoms with Gasteiger partial charge in [-0.2, -0.15) is 0 Å². The number of ether oxygens (including phenoxy) is 1. The summed E-state index contributed by atoms with van der Waals surface area (Å²) in [7, 11) is 1.52. The largest absolute Gasteiger partial charge is 0.497 e. The number of nitrogens with one attached hydrogen (secondary N) is 2. The highest BCUT2D eigenvalue weighted by atomic mass is 79.9. The molecule has 2 rings (SSSR count). The molecule has 0 aromatic heterocycles. The normalized spacial score (nSPS) is 9.95. The van der Waals surface area contributed by atoms with Gasteiger partial charge in [0.2, 0.25) is 0 Å². The first-order valence-electron chi connectivity index (χ1n) is 6.20. The third kappa shape index (κ3) is 4.32. The van der Waals surface area contributed by atoms with Crippen molar-refractivity contribution in [1.29, 1.82) is 0 Å². The average molecular weight is 428 g/mol. The van der Waals surface area contributed by atoms with Gasteiger partial charge in [-0.05, 0) is 36.4 Å². The molecule has 5 nitrogen and oxygen atoms in total. The van der Waals surface area contributed by atoms with Crippen molar-refractivity contribution in [2.24, 2.45) is 0 Å². The maximum atomic E-state index is 12.0. The number of benzene rings is 2. The van der Waals surface area contributed by atoms with E-state index in [2.05, 4.69) is 42.7 Å². The van der Waals surface area contributed by atoms with E-state index in [4.69, 9.17) is 4.74 Å². The lowest BCUT2D eigenvalue weighted by molar-refractivity contribution is 0.0846. The number of amides is 2. The fraction of sp³-hybridized carbons (Fsp3) is 0.0667. The number of carbonyl (C=O) groups is 2. The van der Waals surface area contributed by atoms with Gasteiger partial charge < -0.3 is 4.74 Å². The van der Waals surface area contributed by atoms with E-state index in [1.807, 2.05) is 6.07 Å². The SMILES string of the molecule is COc1cccc(C(=O)NNC(=O)c2cc(Br)cc(Br)c2)c1. The van der Waals surface area contributed by atoms with Crippen LogP contribution in [0.1, 0.15) is 20.7 Å². The Balaban J connectivity index is 2.02. The van der Waals surface area contributed by atoms with Gasteiger partial charge in [-0.1, -0.05) is 37.9 Å². The third-order valence-electron chi connectivity index (χ3n) is 2.75. The number of hydrogen-bond donors (Lipinski definition) is 2. The predicted molar refractivity (Wildman–Crippen MR) is 89.8 cm³/mol. The molecule has 0 unspecified atom stereocenters. The van der Waals surface area contributed by atoms with Gasteiger partial charge in [0.15, 0.2) is 0 Å². The minimum absolute atomic E-state index is 0.384. The van der Waals surface area contributed by atoms with E-state index in [1.54, 1.807) is 36.4 Å². The van der Waals surface area contributed by atoms with Gasteiger partial charge >= 0.3 is 0 Å². The van der Waals surface area contributed by atoms with Crippen molar-refractivity contribution in [3.8, 4) is 5.75 Å². The molecule has 0 heterocycles. The van der Waals surface area contributed by atoms with Gasteiger partial charge in [0.1, 0.15) is 5.75 Å². The molecule has 0 spiro atoms. The fourth-order valence-electron chi connectivity index (χ4n) is 1.71. The fourth-order valence-corrected chi connectivity index (χ4v) is 3.00. The van der Waals surface area contributed by atoms with Crippen molar-refractivity contribution >= 4 is 43.7 Å². The van der Waals surface area contributed by atoms with Crippen LogP contribution in [-0.4, -0.2) is 18.9 Å². The van der Waals surface area contributed by atoms with Gasteiger partial charge in [0.25, 0.3) is 11.8 Å². The lowest BCUT2D eigenvalue weighted by Gasteiger charge is -2.09. The number of hydrogen-bond acceptors (Lipinski definition) is 3. The highest BCUT2D eigenvalue weighted by Gasteiger charge is 2.11. The maximum absolute atomic E-state index is 12.0. The molecule has 0 aliphatic carbocycles. The molecule has 114 valence electrons. The average Bonchev–Trinajstić information content (AvgIpc) is 2.51. The van der Waals surface area contributed by atoms with Gasteiger partial charge in [-0.3, -0.25) is 20.4 Å². The van der Waals surface area contributed by atoms with Crippen LogP contribution >= 0.6 is 31.9 Å². The Bertz CT molecular complexity index is 699. The predicted octanol–water partition coefficient (Wildman–Crippen LogP) is 3.30. The van der Waals surface area contributed by atoms with E-state index in [0.717, 1.165) is 8.95 Å². The second kappa shape index (κ2) is 7.42. The van der Waals surface area contributed by atoms with E-state index >= 15 is 0 Å². The monoisotopic (exact) mass is 426 g/mol. The summed E-state index contributed by atoms with van der Waals surface area (Å²) in [6.45, 7) is 0. The minimum atomic E-state index is -0.429. The summed E-state index contributed by atoms with van der Waals surface area (Å²) in [6, 6.07) is 11.7. The molecule has 22 heavy (non-hydrogen) atoms. The minimum Gasteiger partial charge on any atom is -0.497 e. The first-order valence-corrected chi connectivity index (χ1v) is 7.79. The molecule has 2 amide bonds. The topological polar surface area (TPSA) is 67.4 Å². The number of hydrazine groups is 1. The molecular weight excluding hydrogens is 416 g/mol. The molecule has 7 heteroatoms. The van der Waals surface area contributed by atoms with Gasteiger partial charge in [0.05, 0.1) is 7.11 Å². The number of methoxy groups -OCH3 is 1. The summed E-state index contributed by atoms with van der Waals surface area (Å²) in [5.74, 6) is -0.283. The zero-order valence-corrected chi connectivity index (χ0v) is 14.7. The van der Waals surface area contributed by atoms with E-state index in [-0.39, 0.29) is 0 Å². The summed E-state index contributed by atoms with van der Waals surface area (Å²) < 4.78 is 6.56. The molecule has 2 aromatic rings. The number of rotatable bonds is 3. The molecule has 0 radical (unpaired) electrons. The highest BCUT2D eigenvalue weighted by Crippen LogP contribution is 2.20. The van der Waals surface area contributed by atoms with E-state index in [9.17, 15) is 9.59 Å². The Morgan fingerprint density at radius 3 is 2.09 bits per heavy atom. The molecule has 0 saturated heterocycles. The van der Waals surface area contributed by atoms with Crippen molar-refractivity contribution in [2.75, 3.05) is 7.11 Å². The molecule has 0 saturated carbocycles. The van der Waals surface area contributed by atoms with Crippen LogP contribution in [0.3, 0.4) is 0 Å².